The Labute approximate surface area is 161 Å². The predicted molar refractivity (Wildman–Crippen MR) is 109 cm³/mol. The number of fused-ring (bicyclic) bond motifs is 2. The van der Waals surface area contributed by atoms with Gasteiger partial charge in [-0.15, -0.1) is 0 Å². The molecule has 0 aliphatic rings. The first-order valence-corrected chi connectivity index (χ1v) is 9.19. The minimum absolute atomic E-state index is 0.212. The Balaban J connectivity index is 1.81. The van der Waals surface area contributed by atoms with Gasteiger partial charge in [0, 0.05) is 33.2 Å². The fourth-order valence-corrected chi connectivity index (χ4v) is 3.77. The lowest BCUT2D eigenvalue weighted by Crippen LogP contribution is -1.89. The van der Waals surface area contributed by atoms with E-state index in [4.69, 9.17) is 0 Å². The smallest absolute Gasteiger partial charge is 0.230 e. The molecule has 0 aliphatic carbocycles. The molecular weight excluding hydrogens is 446 g/mol. The van der Waals surface area contributed by atoms with Crippen molar-refractivity contribution in [3.63, 3.8) is 0 Å². The molecule has 25 heavy (non-hydrogen) atoms. The molecule has 0 spiro atoms. The highest BCUT2D eigenvalue weighted by Crippen LogP contribution is 2.34. The summed E-state index contributed by atoms with van der Waals surface area (Å²) in [5, 5.41) is 12.3. The number of hydrogen-bond acceptors (Lipinski definition) is 3. The summed E-state index contributed by atoms with van der Waals surface area (Å²) in [6, 6.07) is 15.5. The number of aliphatic imine (C=N–C) groups is 1. The van der Waals surface area contributed by atoms with Gasteiger partial charge in [0.15, 0.2) is 0 Å². The molecule has 0 radical (unpaired) electrons. The summed E-state index contributed by atoms with van der Waals surface area (Å²) >= 11 is 7.03. The maximum Gasteiger partial charge on any atom is 0.230 e. The van der Waals surface area contributed by atoms with Gasteiger partial charge in [-0.3, -0.25) is 0 Å². The van der Waals surface area contributed by atoms with E-state index in [0.29, 0.717) is 11.5 Å². The zero-order valence-corrected chi connectivity index (χ0v) is 16.4. The Morgan fingerprint density at radius 1 is 1.08 bits per heavy atom. The van der Waals surface area contributed by atoms with Gasteiger partial charge >= 0.3 is 0 Å². The van der Waals surface area contributed by atoms with E-state index < -0.39 is 0 Å². The molecule has 0 aliphatic heterocycles. The van der Waals surface area contributed by atoms with Crippen molar-refractivity contribution in [2.24, 2.45) is 12.0 Å². The molecule has 0 bridgehead atoms. The minimum Gasteiger partial charge on any atom is -0.507 e. The van der Waals surface area contributed by atoms with Gasteiger partial charge in [-0.25, -0.2) is 9.98 Å². The molecule has 4 rings (SSSR count). The highest BCUT2D eigenvalue weighted by molar-refractivity contribution is 9.11. The molecule has 0 amide bonds. The number of aryl methyl sites for hydroxylation is 1. The summed E-state index contributed by atoms with van der Waals surface area (Å²) in [4.78, 5) is 9.02. The van der Waals surface area contributed by atoms with Gasteiger partial charge in [-0.2, -0.15) is 0 Å². The van der Waals surface area contributed by atoms with E-state index in [0.717, 1.165) is 30.8 Å². The lowest BCUT2D eigenvalue weighted by Gasteiger charge is -2.06. The molecule has 0 saturated heterocycles. The molecule has 0 unspecified atom stereocenters. The molecule has 3 aromatic carbocycles. The summed E-state index contributed by atoms with van der Waals surface area (Å²) < 4.78 is 3.83. The zero-order chi connectivity index (χ0) is 17.6. The van der Waals surface area contributed by atoms with Gasteiger partial charge in [-0.05, 0) is 29.7 Å². The number of rotatable bonds is 2. The van der Waals surface area contributed by atoms with Gasteiger partial charge in [-0.1, -0.05) is 56.1 Å². The molecule has 1 aromatic heterocycles. The van der Waals surface area contributed by atoms with Gasteiger partial charge in [0.1, 0.15) is 5.75 Å². The first-order valence-electron chi connectivity index (χ1n) is 7.61. The van der Waals surface area contributed by atoms with E-state index in [9.17, 15) is 5.11 Å². The highest BCUT2D eigenvalue weighted by Gasteiger charge is 2.10. The fourth-order valence-electron chi connectivity index (χ4n) is 2.83. The monoisotopic (exact) mass is 457 g/mol. The number of halogens is 2. The van der Waals surface area contributed by atoms with Crippen LogP contribution in [0, 0.1) is 0 Å². The number of imidazole rings is 1. The van der Waals surface area contributed by atoms with Gasteiger partial charge in [0.05, 0.1) is 11.0 Å². The highest BCUT2D eigenvalue weighted by atomic mass is 79.9. The summed E-state index contributed by atoms with van der Waals surface area (Å²) in [5.41, 5.74) is 2.51. The molecule has 1 N–H and O–H groups in total. The summed E-state index contributed by atoms with van der Waals surface area (Å²) in [6.45, 7) is 0. The van der Waals surface area contributed by atoms with Crippen LogP contribution in [0.2, 0.25) is 0 Å². The normalized spacial score (nSPS) is 11.8. The van der Waals surface area contributed by atoms with Crippen LogP contribution < -0.4 is 0 Å². The third-order valence-electron chi connectivity index (χ3n) is 4.13. The van der Waals surface area contributed by atoms with Crippen molar-refractivity contribution in [3.8, 4) is 5.75 Å². The topological polar surface area (TPSA) is 50.4 Å². The van der Waals surface area contributed by atoms with Crippen LogP contribution in [0.4, 0.5) is 5.95 Å². The summed E-state index contributed by atoms with van der Waals surface area (Å²) in [7, 11) is 1.92. The van der Waals surface area contributed by atoms with Crippen molar-refractivity contribution in [3.05, 3.63) is 63.0 Å². The zero-order valence-electron chi connectivity index (χ0n) is 13.2. The third-order valence-corrected chi connectivity index (χ3v) is 5.28. The minimum atomic E-state index is 0.212. The Hall–Kier alpha value is -2.18. The number of nitrogens with zero attached hydrogens (tertiary/aromatic N) is 3. The van der Waals surface area contributed by atoms with Crippen LogP contribution in [0.1, 0.15) is 5.56 Å². The van der Waals surface area contributed by atoms with E-state index in [2.05, 4.69) is 41.8 Å². The van der Waals surface area contributed by atoms with Crippen molar-refractivity contribution < 1.29 is 5.11 Å². The van der Waals surface area contributed by atoms with Crippen molar-refractivity contribution >= 4 is 65.8 Å². The van der Waals surface area contributed by atoms with Crippen LogP contribution in [-0.4, -0.2) is 20.9 Å². The fraction of sp³-hybridized carbons (Fsp3) is 0.0526. The Morgan fingerprint density at radius 3 is 2.64 bits per heavy atom. The van der Waals surface area contributed by atoms with Crippen molar-refractivity contribution in [2.75, 3.05) is 0 Å². The quantitative estimate of drug-likeness (QED) is 0.391. The molecule has 6 heteroatoms. The van der Waals surface area contributed by atoms with Crippen LogP contribution in [0.3, 0.4) is 0 Å². The Bertz CT molecular complexity index is 1150. The number of phenols is 1. The van der Waals surface area contributed by atoms with Gasteiger partial charge in [0.25, 0.3) is 0 Å². The lowest BCUT2D eigenvalue weighted by molar-refractivity contribution is 0.481. The van der Waals surface area contributed by atoms with Crippen LogP contribution in [0.15, 0.2) is 62.5 Å². The van der Waals surface area contributed by atoms with E-state index in [1.54, 1.807) is 6.21 Å². The van der Waals surface area contributed by atoms with E-state index in [1.807, 2.05) is 60.1 Å². The number of phenolic OH excluding ortho intramolecular Hbond substituents is 1. The predicted octanol–water partition coefficient (Wildman–Crippen LogP) is 5.71. The summed E-state index contributed by atoms with van der Waals surface area (Å²) in [5.74, 6) is 0.792. The molecule has 124 valence electrons. The van der Waals surface area contributed by atoms with Crippen molar-refractivity contribution in [1.82, 2.24) is 9.55 Å². The molecular formula is C19H13Br2N3O. The average molecular weight is 459 g/mol. The van der Waals surface area contributed by atoms with Crippen molar-refractivity contribution in [2.45, 2.75) is 0 Å². The molecule has 0 fully saturated rings. The second-order valence-corrected chi connectivity index (χ2v) is 7.47. The Kier molecular flexibility index (Phi) is 4.09. The largest absolute Gasteiger partial charge is 0.507 e. The molecule has 4 nitrogen and oxygen atoms in total. The molecule has 0 atom stereocenters. The van der Waals surface area contributed by atoms with Crippen LogP contribution >= 0.6 is 31.9 Å². The van der Waals surface area contributed by atoms with Crippen molar-refractivity contribution in [1.29, 1.82) is 0 Å². The summed E-state index contributed by atoms with van der Waals surface area (Å²) in [6.07, 6.45) is 1.64. The third kappa shape index (κ3) is 2.85. The standard InChI is InChI=1S/C19H13Br2N3O/c1-24-17-9-12(20)6-7-16(17)23-19(24)22-10-11-8-15(21)13-4-2-3-5-14(13)18(11)25/h2-10,25H,1H3. The number of benzene rings is 3. The van der Waals surface area contributed by atoms with Crippen LogP contribution in [-0.2, 0) is 7.05 Å². The number of hydrogen-bond donors (Lipinski definition) is 1. The second kappa shape index (κ2) is 6.28. The SMILES string of the molecule is Cn1c(N=Cc2cc(Br)c3ccccc3c2O)nc2ccc(Br)cc21. The van der Waals surface area contributed by atoms with Gasteiger partial charge in [0.2, 0.25) is 5.95 Å². The van der Waals surface area contributed by atoms with E-state index in [-0.39, 0.29) is 5.75 Å². The molecule has 1 heterocycles. The first kappa shape index (κ1) is 16.3. The number of aromatic nitrogens is 2. The second-order valence-electron chi connectivity index (χ2n) is 5.70. The molecule has 0 saturated carbocycles. The van der Waals surface area contributed by atoms with Crippen LogP contribution in [0.5, 0.6) is 5.75 Å². The maximum atomic E-state index is 10.6. The lowest BCUT2D eigenvalue weighted by atomic mass is 10.1. The van der Waals surface area contributed by atoms with E-state index >= 15 is 0 Å². The van der Waals surface area contributed by atoms with Crippen LogP contribution in [0.25, 0.3) is 21.8 Å². The molecule has 4 aromatic rings. The Morgan fingerprint density at radius 2 is 1.84 bits per heavy atom. The number of aromatic hydroxyl groups is 1. The van der Waals surface area contributed by atoms with E-state index in [1.165, 1.54) is 0 Å². The first-order chi connectivity index (χ1) is 12.0. The van der Waals surface area contributed by atoms with Gasteiger partial charge < -0.3 is 9.67 Å². The average Bonchev–Trinajstić information content (AvgIpc) is 2.93. The maximum absolute atomic E-state index is 10.6.